The molecule has 2 rings (SSSR count). The van der Waals surface area contributed by atoms with E-state index in [2.05, 4.69) is 11.9 Å². The normalized spacial score (nSPS) is 26.5. The molecule has 0 atom stereocenters. The molecule has 0 amide bonds. The first-order valence-electron chi connectivity index (χ1n) is 5.74. The van der Waals surface area contributed by atoms with Crippen LogP contribution >= 0.6 is 11.3 Å². The first kappa shape index (κ1) is 10.8. The van der Waals surface area contributed by atoms with E-state index >= 15 is 0 Å². The molecule has 1 heterocycles. The fourth-order valence-electron chi connectivity index (χ4n) is 2.37. The van der Waals surface area contributed by atoms with E-state index in [0.717, 1.165) is 23.6 Å². The van der Waals surface area contributed by atoms with E-state index in [1.54, 1.807) is 11.7 Å². The zero-order valence-corrected chi connectivity index (χ0v) is 9.93. The van der Waals surface area contributed by atoms with E-state index in [1.807, 2.05) is 0 Å². The summed E-state index contributed by atoms with van der Waals surface area (Å²) in [6.07, 6.45) is 7.59. The SMILES string of the molecule is CCC1CCC(C(=O)c2cncs2)CC1. The molecular weight excluding hydrogens is 206 g/mol. The summed E-state index contributed by atoms with van der Waals surface area (Å²) in [6, 6.07) is 0. The van der Waals surface area contributed by atoms with E-state index in [4.69, 9.17) is 0 Å². The van der Waals surface area contributed by atoms with Gasteiger partial charge in [-0.3, -0.25) is 9.78 Å². The van der Waals surface area contributed by atoms with E-state index in [-0.39, 0.29) is 5.92 Å². The summed E-state index contributed by atoms with van der Waals surface area (Å²) in [5.74, 6) is 1.45. The number of Topliss-reactive ketones (excluding diaryl/α,β-unsaturated/α-hetero) is 1. The average Bonchev–Trinajstić information content (AvgIpc) is 2.82. The highest BCUT2D eigenvalue weighted by molar-refractivity contribution is 7.11. The fraction of sp³-hybridized carbons (Fsp3) is 0.667. The van der Waals surface area contributed by atoms with E-state index in [0.29, 0.717) is 5.78 Å². The minimum atomic E-state index is 0.272. The zero-order chi connectivity index (χ0) is 10.7. The average molecular weight is 223 g/mol. The van der Waals surface area contributed by atoms with Crippen molar-refractivity contribution in [2.45, 2.75) is 39.0 Å². The Hall–Kier alpha value is -0.700. The van der Waals surface area contributed by atoms with Crippen molar-refractivity contribution in [1.82, 2.24) is 4.98 Å². The van der Waals surface area contributed by atoms with Crippen LogP contribution < -0.4 is 0 Å². The molecule has 0 aliphatic heterocycles. The Kier molecular flexibility index (Phi) is 3.52. The van der Waals surface area contributed by atoms with Gasteiger partial charge < -0.3 is 0 Å². The quantitative estimate of drug-likeness (QED) is 0.734. The van der Waals surface area contributed by atoms with Crippen molar-refractivity contribution in [3.8, 4) is 0 Å². The Labute approximate surface area is 94.7 Å². The van der Waals surface area contributed by atoms with Gasteiger partial charge in [0, 0.05) is 12.1 Å². The number of nitrogens with zero attached hydrogens (tertiary/aromatic N) is 1. The van der Waals surface area contributed by atoms with E-state index in [1.165, 1.54) is 30.6 Å². The maximum absolute atomic E-state index is 12.0. The van der Waals surface area contributed by atoms with Gasteiger partial charge in [-0.15, -0.1) is 11.3 Å². The standard InChI is InChI=1S/C12H17NOS/c1-2-9-3-5-10(6-4-9)12(14)11-7-13-8-15-11/h7-10H,2-6H2,1H3. The van der Waals surface area contributed by atoms with Gasteiger partial charge in [-0.05, 0) is 31.6 Å². The van der Waals surface area contributed by atoms with Crippen LogP contribution in [0.25, 0.3) is 0 Å². The number of carbonyl (C=O) groups excluding carboxylic acids is 1. The lowest BCUT2D eigenvalue weighted by Gasteiger charge is -2.26. The Balaban J connectivity index is 1.93. The molecule has 2 nitrogen and oxygen atoms in total. The van der Waals surface area contributed by atoms with Crippen molar-refractivity contribution in [2.75, 3.05) is 0 Å². The van der Waals surface area contributed by atoms with Gasteiger partial charge in [-0.2, -0.15) is 0 Å². The van der Waals surface area contributed by atoms with Gasteiger partial charge in [-0.25, -0.2) is 0 Å². The second-order valence-corrected chi connectivity index (χ2v) is 5.24. The molecular formula is C12H17NOS. The number of hydrogen-bond donors (Lipinski definition) is 0. The third-order valence-electron chi connectivity index (χ3n) is 3.47. The predicted molar refractivity (Wildman–Crippen MR) is 62.2 cm³/mol. The van der Waals surface area contributed by atoms with E-state index in [9.17, 15) is 4.79 Å². The number of ketones is 1. The molecule has 1 saturated carbocycles. The second-order valence-electron chi connectivity index (χ2n) is 4.36. The maximum Gasteiger partial charge on any atom is 0.177 e. The summed E-state index contributed by atoms with van der Waals surface area (Å²) < 4.78 is 0. The Morgan fingerprint density at radius 1 is 1.47 bits per heavy atom. The van der Waals surface area contributed by atoms with Crippen LogP contribution in [0.15, 0.2) is 11.7 Å². The molecule has 3 heteroatoms. The van der Waals surface area contributed by atoms with Gasteiger partial charge in [0.15, 0.2) is 5.78 Å². The number of carbonyl (C=O) groups is 1. The lowest BCUT2D eigenvalue weighted by atomic mass is 9.79. The van der Waals surface area contributed by atoms with Crippen molar-refractivity contribution in [1.29, 1.82) is 0 Å². The Morgan fingerprint density at radius 3 is 2.73 bits per heavy atom. The summed E-state index contributed by atoms with van der Waals surface area (Å²) >= 11 is 1.47. The summed E-state index contributed by atoms with van der Waals surface area (Å²) in [4.78, 5) is 16.8. The highest BCUT2D eigenvalue weighted by Gasteiger charge is 2.26. The van der Waals surface area contributed by atoms with Crippen LogP contribution in [-0.4, -0.2) is 10.8 Å². The molecule has 15 heavy (non-hydrogen) atoms. The molecule has 1 fully saturated rings. The van der Waals surface area contributed by atoms with Crippen molar-refractivity contribution in [3.05, 3.63) is 16.6 Å². The third kappa shape index (κ3) is 2.46. The highest BCUT2D eigenvalue weighted by Crippen LogP contribution is 2.32. The number of aromatic nitrogens is 1. The molecule has 0 spiro atoms. The molecule has 0 bridgehead atoms. The van der Waals surface area contributed by atoms with Crippen LogP contribution in [0.4, 0.5) is 0 Å². The predicted octanol–water partition coefficient (Wildman–Crippen LogP) is 3.54. The summed E-state index contributed by atoms with van der Waals surface area (Å²) in [5.41, 5.74) is 1.74. The molecule has 82 valence electrons. The molecule has 1 aliphatic carbocycles. The number of hydrogen-bond acceptors (Lipinski definition) is 3. The monoisotopic (exact) mass is 223 g/mol. The second kappa shape index (κ2) is 4.88. The van der Waals surface area contributed by atoms with Gasteiger partial charge in [0.2, 0.25) is 0 Å². The van der Waals surface area contributed by atoms with Crippen molar-refractivity contribution >= 4 is 17.1 Å². The topological polar surface area (TPSA) is 30.0 Å². The molecule has 0 unspecified atom stereocenters. The first-order chi connectivity index (χ1) is 7.31. The van der Waals surface area contributed by atoms with Crippen LogP contribution in [0.3, 0.4) is 0 Å². The first-order valence-corrected chi connectivity index (χ1v) is 6.62. The fourth-order valence-corrected chi connectivity index (χ4v) is 3.01. The Bertz CT molecular complexity index is 312. The van der Waals surface area contributed by atoms with Gasteiger partial charge in [0.05, 0.1) is 10.4 Å². The van der Waals surface area contributed by atoms with Crippen molar-refractivity contribution in [2.24, 2.45) is 11.8 Å². The molecule has 0 radical (unpaired) electrons. The maximum atomic E-state index is 12.0. The minimum Gasteiger partial charge on any atom is -0.293 e. The smallest absolute Gasteiger partial charge is 0.177 e. The van der Waals surface area contributed by atoms with Gasteiger partial charge in [0.25, 0.3) is 0 Å². The molecule has 1 aromatic heterocycles. The van der Waals surface area contributed by atoms with Gasteiger partial charge >= 0.3 is 0 Å². The minimum absolute atomic E-state index is 0.272. The molecule has 0 saturated heterocycles. The van der Waals surface area contributed by atoms with E-state index < -0.39 is 0 Å². The highest BCUT2D eigenvalue weighted by atomic mass is 32.1. The van der Waals surface area contributed by atoms with Crippen LogP contribution in [-0.2, 0) is 0 Å². The van der Waals surface area contributed by atoms with Crippen LogP contribution in [0.1, 0.15) is 48.7 Å². The van der Waals surface area contributed by atoms with Crippen LogP contribution in [0.2, 0.25) is 0 Å². The van der Waals surface area contributed by atoms with Crippen LogP contribution in [0, 0.1) is 11.8 Å². The molecule has 1 aliphatic rings. The number of rotatable bonds is 3. The Morgan fingerprint density at radius 2 is 2.20 bits per heavy atom. The largest absolute Gasteiger partial charge is 0.293 e. The lowest BCUT2D eigenvalue weighted by molar-refractivity contribution is 0.0875. The zero-order valence-electron chi connectivity index (χ0n) is 9.11. The lowest BCUT2D eigenvalue weighted by Crippen LogP contribution is -2.21. The molecule has 0 aromatic carbocycles. The van der Waals surface area contributed by atoms with Crippen molar-refractivity contribution < 1.29 is 4.79 Å². The third-order valence-corrected chi connectivity index (χ3v) is 4.26. The summed E-state index contributed by atoms with van der Waals surface area (Å²) in [5, 5.41) is 0. The van der Waals surface area contributed by atoms with Gasteiger partial charge in [0.1, 0.15) is 0 Å². The summed E-state index contributed by atoms with van der Waals surface area (Å²) in [7, 11) is 0. The molecule has 1 aromatic rings. The van der Waals surface area contributed by atoms with Gasteiger partial charge in [-0.1, -0.05) is 13.3 Å². The summed E-state index contributed by atoms with van der Waals surface area (Å²) in [6.45, 7) is 2.25. The van der Waals surface area contributed by atoms with Crippen LogP contribution in [0.5, 0.6) is 0 Å². The molecule has 0 N–H and O–H groups in total. The van der Waals surface area contributed by atoms with Crippen molar-refractivity contribution in [3.63, 3.8) is 0 Å². The number of thiazole rings is 1.